The van der Waals surface area contributed by atoms with Crippen molar-refractivity contribution in [2.24, 2.45) is 0 Å². The molecule has 19 heavy (non-hydrogen) atoms. The van der Waals surface area contributed by atoms with Crippen LogP contribution in [0.15, 0.2) is 16.8 Å². The van der Waals surface area contributed by atoms with Gasteiger partial charge in [0.2, 0.25) is 11.8 Å². The van der Waals surface area contributed by atoms with Crippen molar-refractivity contribution in [3.63, 3.8) is 0 Å². The predicted molar refractivity (Wildman–Crippen MR) is 71.1 cm³/mol. The molecule has 0 saturated heterocycles. The van der Waals surface area contributed by atoms with Gasteiger partial charge in [0, 0.05) is 6.07 Å². The minimum Gasteiger partial charge on any atom is -0.478 e. The second-order valence-corrected chi connectivity index (χ2v) is 4.19. The Kier molecular flexibility index (Phi) is 4.33. The van der Waals surface area contributed by atoms with Crippen LogP contribution in [-0.4, -0.2) is 21.6 Å². The normalized spacial score (nSPS) is 10.5. The first-order chi connectivity index (χ1) is 9.19. The first kappa shape index (κ1) is 13.3. The largest absolute Gasteiger partial charge is 0.478 e. The Balaban J connectivity index is 1.95. The van der Waals surface area contributed by atoms with Crippen LogP contribution in [0.1, 0.15) is 30.7 Å². The van der Waals surface area contributed by atoms with Crippen molar-refractivity contribution in [1.82, 2.24) is 15.0 Å². The maximum absolute atomic E-state index is 5.48. The third-order valence-corrected chi connectivity index (χ3v) is 2.59. The van der Waals surface area contributed by atoms with Gasteiger partial charge in [-0.1, -0.05) is 6.92 Å². The lowest BCUT2D eigenvalue weighted by Gasteiger charge is -2.06. The molecule has 0 spiro atoms. The second-order valence-electron chi connectivity index (χ2n) is 4.19. The maximum Gasteiger partial charge on any atom is 0.218 e. The van der Waals surface area contributed by atoms with Crippen LogP contribution in [0.2, 0.25) is 0 Å². The fourth-order valence-electron chi connectivity index (χ4n) is 1.50. The molecule has 0 aliphatic heterocycles. The number of aromatic nitrogens is 3. The minimum absolute atomic E-state index is 0.485. The van der Waals surface area contributed by atoms with E-state index >= 15 is 0 Å². The molecule has 2 heterocycles. The number of aryl methyl sites for hydroxylation is 2. The number of oxazole rings is 1. The van der Waals surface area contributed by atoms with E-state index in [9.17, 15) is 0 Å². The molecule has 0 bridgehead atoms. The highest BCUT2D eigenvalue weighted by atomic mass is 16.5. The van der Waals surface area contributed by atoms with Gasteiger partial charge in [-0.2, -0.15) is 0 Å². The molecule has 2 aromatic rings. The first-order valence-corrected chi connectivity index (χ1v) is 6.30. The van der Waals surface area contributed by atoms with Gasteiger partial charge in [-0.25, -0.2) is 15.0 Å². The summed E-state index contributed by atoms with van der Waals surface area (Å²) in [5.74, 6) is 2.74. The van der Waals surface area contributed by atoms with Gasteiger partial charge in [-0.3, -0.25) is 0 Å². The molecule has 2 aromatic heterocycles. The van der Waals surface area contributed by atoms with Crippen molar-refractivity contribution in [3.05, 3.63) is 29.7 Å². The molecular weight excluding hydrogens is 244 g/mol. The van der Waals surface area contributed by atoms with Crippen molar-refractivity contribution in [3.8, 4) is 5.88 Å². The van der Waals surface area contributed by atoms with Gasteiger partial charge in [-0.05, 0) is 20.3 Å². The van der Waals surface area contributed by atoms with Crippen LogP contribution in [0, 0.1) is 13.8 Å². The fourth-order valence-corrected chi connectivity index (χ4v) is 1.50. The number of anilines is 1. The number of rotatable bonds is 6. The van der Waals surface area contributed by atoms with Crippen LogP contribution in [0.5, 0.6) is 5.88 Å². The summed E-state index contributed by atoms with van der Waals surface area (Å²) in [7, 11) is 0. The van der Waals surface area contributed by atoms with Crippen molar-refractivity contribution >= 4 is 5.82 Å². The number of ether oxygens (including phenoxy) is 1. The van der Waals surface area contributed by atoms with Crippen LogP contribution in [0.3, 0.4) is 0 Å². The fraction of sp³-hybridized carbons (Fsp3) is 0.462. The summed E-state index contributed by atoms with van der Waals surface area (Å²) in [6, 6.07) is 1.76. The molecule has 6 nitrogen and oxygen atoms in total. The lowest BCUT2D eigenvalue weighted by atomic mass is 10.4. The third-order valence-electron chi connectivity index (χ3n) is 2.59. The highest BCUT2D eigenvalue weighted by molar-refractivity contribution is 5.37. The lowest BCUT2D eigenvalue weighted by Crippen LogP contribution is -2.04. The van der Waals surface area contributed by atoms with Crippen LogP contribution >= 0.6 is 0 Å². The van der Waals surface area contributed by atoms with E-state index in [1.165, 1.54) is 6.33 Å². The zero-order valence-electron chi connectivity index (χ0n) is 11.4. The maximum atomic E-state index is 5.48. The molecule has 102 valence electrons. The van der Waals surface area contributed by atoms with Crippen LogP contribution in [-0.2, 0) is 6.54 Å². The van der Waals surface area contributed by atoms with E-state index in [0.717, 1.165) is 17.9 Å². The zero-order chi connectivity index (χ0) is 13.7. The van der Waals surface area contributed by atoms with Gasteiger partial charge in [0.15, 0.2) is 0 Å². The van der Waals surface area contributed by atoms with Gasteiger partial charge in [-0.15, -0.1) is 0 Å². The van der Waals surface area contributed by atoms with Crippen molar-refractivity contribution in [2.45, 2.75) is 33.7 Å². The monoisotopic (exact) mass is 262 g/mol. The molecule has 0 fully saturated rings. The average molecular weight is 262 g/mol. The molecule has 1 N–H and O–H groups in total. The van der Waals surface area contributed by atoms with Crippen molar-refractivity contribution < 1.29 is 9.15 Å². The molecule has 0 atom stereocenters. The van der Waals surface area contributed by atoms with E-state index in [2.05, 4.69) is 20.3 Å². The van der Waals surface area contributed by atoms with Crippen LogP contribution in [0.4, 0.5) is 5.82 Å². The Morgan fingerprint density at radius 1 is 1.32 bits per heavy atom. The summed E-state index contributed by atoms with van der Waals surface area (Å²) in [5.41, 5.74) is 0.909. The summed E-state index contributed by atoms with van der Waals surface area (Å²) < 4.78 is 10.9. The first-order valence-electron chi connectivity index (χ1n) is 6.30. The number of nitrogens with one attached hydrogen (secondary N) is 1. The molecule has 0 aromatic carbocycles. The molecule has 2 rings (SSSR count). The van der Waals surface area contributed by atoms with Gasteiger partial charge in [0.05, 0.1) is 18.8 Å². The smallest absolute Gasteiger partial charge is 0.218 e. The molecule has 0 aliphatic rings. The van der Waals surface area contributed by atoms with E-state index in [4.69, 9.17) is 9.15 Å². The Hall–Kier alpha value is -2.11. The Bertz CT molecular complexity index is 520. The summed E-state index contributed by atoms with van der Waals surface area (Å²) in [6.07, 6.45) is 2.42. The van der Waals surface area contributed by atoms with Gasteiger partial charge >= 0.3 is 0 Å². The van der Waals surface area contributed by atoms with Gasteiger partial charge < -0.3 is 14.5 Å². The molecule has 0 amide bonds. The minimum atomic E-state index is 0.485. The van der Waals surface area contributed by atoms with Gasteiger partial charge in [0.25, 0.3) is 0 Å². The second kappa shape index (κ2) is 6.17. The summed E-state index contributed by atoms with van der Waals surface area (Å²) in [6.45, 7) is 7.00. The predicted octanol–water partition coefficient (Wildman–Crippen LogP) is 2.48. The van der Waals surface area contributed by atoms with E-state index in [-0.39, 0.29) is 0 Å². The lowest BCUT2D eigenvalue weighted by molar-refractivity contribution is 0.305. The van der Waals surface area contributed by atoms with Crippen molar-refractivity contribution in [1.29, 1.82) is 0 Å². The van der Waals surface area contributed by atoms with E-state index in [1.807, 2.05) is 20.8 Å². The quantitative estimate of drug-likeness (QED) is 0.862. The standard InChI is InChI=1S/C13H18N4O2/c1-4-5-18-12-6-11(15-8-16-12)14-7-13-17-9(2)10(3)19-13/h6,8H,4-5,7H2,1-3H3,(H,14,15,16). The third kappa shape index (κ3) is 3.67. The molecule has 0 aliphatic carbocycles. The zero-order valence-corrected chi connectivity index (χ0v) is 11.4. The molecule has 0 saturated carbocycles. The van der Waals surface area contributed by atoms with E-state index in [1.54, 1.807) is 6.07 Å². The number of nitrogens with zero attached hydrogens (tertiary/aromatic N) is 3. The Labute approximate surface area is 112 Å². The highest BCUT2D eigenvalue weighted by Crippen LogP contribution is 2.13. The Morgan fingerprint density at radius 3 is 2.84 bits per heavy atom. The van der Waals surface area contributed by atoms with Crippen LogP contribution < -0.4 is 10.1 Å². The highest BCUT2D eigenvalue weighted by Gasteiger charge is 2.06. The SMILES string of the molecule is CCCOc1cc(NCc2nc(C)c(C)o2)ncn1. The molecule has 0 radical (unpaired) electrons. The van der Waals surface area contributed by atoms with Crippen molar-refractivity contribution in [2.75, 3.05) is 11.9 Å². The molecular formula is C13H18N4O2. The van der Waals surface area contributed by atoms with E-state index in [0.29, 0.717) is 30.7 Å². The van der Waals surface area contributed by atoms with Crippen LogP contribution in [0.25, 0.3) is 0 Å². The van der Waals surface area contributed by atoms with E-state index < -0.39 is 0 Å². The summed E-state index contributed by atoms with van der Waals surface area (Å²) >= 11 is 0. The Morgan fingerprint density at radius 2 is 2.16 bits per heavy atom. The summed E-state index contributed by atoms with van der Waals surface area (Å²) in [4.78, 5) is 12.5. The number of hydrogen-bond acceptors (Lipinski definition) is 6. The van der Waals surface area contributed by atoms with Gasteiger partial charge in [0.1, 0.15) is 17.9 Å². The summed E-state index contributed by atoms with van der Waals surface area (Å²) in [5, 5.41) is 3.13. The molecule has 6 heteroatoms. The average Bonchev–Trinajstić information content (AvgIpc) is 2.74. The topological polar surface area (TPSA) is 73.1 Å². The number of hydrogen-bond donors (Lipinski definition) is 1. The molecule has 0 unspecified atom stereocenters.